The zero-order chi connectivity index (χ0) is 16.6. The Kier molecular flexibility index (Phi) is 5.99. The molecule has 24 heavy (non-hydrogen) atoms. The third-order valence-electron chi connectivity index (χ3n) is 3.63. The number of nitrogens with zero attached hydrogens (tertiary/aromatic N) is 1. The Bertz CT molecular complexity index is 710. The van der Waals surface area contributed by atoms with Gasteiger partial charge in [-0.05, 0) is 35.9 Å². The smallest absolute Gasteiger partial charge is 0.120 e. The predicted molar refractivity (Wildman–Crippen MR) is 100 cm³/mol. The average molecular weight is 383 g/mol. The van der Waals surface area contributed by atoms with Crippen LogP contribution in [0.5, 0.6) is 5.75 Å². The third-order valence-corrected chi connectivity index (χ3v) is 4.13. The molecule has 2 aromatic carbocycles. The van der Waals surface area contributed by atoms with Gasteiger partial charge in [-0.3, -0.25) is 4.98 Å². The molecule has 0 fully saturated rings. The van der Waals surface area contributed by atoms with Crippen molar-refractivity contribution < 1.29 is 4.74 Å². The normalized spacial score (nSPS) is 11.9. The van der Waals surface area contributed by atoms with Crippen LogP contribution in [0.3, 0.4) is 0 Å². The second-order valence-corrected chi connectivity index (χ2v) is 6.27. The molecule has 0 amide bonds. The lowest BCUT2D eigenvalue weighted by molar-refractivity contribution is 0.309. The van der Waals surface area contributed by atoms with Crippen LogP contribution in [0.4, 0.5) is 0 Å². The molecule has 1 aromatic heterocycles. The summed E-state index contributed by atoms with van der Waals surface area (Å²) in [6.45, 7) is 1.31. The van der Waals surface area contributed by atoms with Gasteiger partial charge >= 0.3 is 0 Å². The number of aromatic nitrogens is 1. The number of hydrogen-bond donors (Lipinski definition) is 1. The summed E-state index contributed by atoms with van der Waals surface area (Å²) in [5.41, 5.74) is 2.20. The molecule has 1 heterocycles. The molecule has 0 aliphatic carbocycles. The molecule has 1 unspecified atom stereocenters. The van der Waals surface area contributed by atoms with Crippen LogP contribution < -0.4 is 10.1 Å². The second-order valence-electron chi connectivity index (χ2n) is 5.36. The summed E-state index contributed by atoms with van der Waals surface area (Å²) < 4.78 is 6.81. The molecule has 3 aromatic rings. The first-order chi connectivity index (χ1) is 11.8. The molecule has 0 aliphatic heterocycles. The number of halogens is 1. The van der Waals surface area contributed by atoms with E-state index in [-0.39, 0.29) is 6.04 Å². The first-order valence-electron chi connectivity index (χ1n) is 7.90. The van der Waals surface area contributed by atoms with Crippen molar-refractivity contribution in [3.63, 3.8) is 0 Å². The van der Waals surface area contributed by atoms with Gasteiger partial charge in [-0.1, -0.05) is 58.4 Å². The molecule has 4 heteroatoms. The van der Waals surface area contributed by atoms with Gasteiger partial charge in [-0.25, -0.2) is 0 Å². The predicted octanol–water partition coefficient (Wildman–Crippen LogP) is 4.60. The van der Waals surface area contributed by atoms with Crippen molar-refractivity contribution in [1.82, 2.24) is 10.3 Å². The molecule has 0 radical (unpaired) electrons. The lowest BCUT2D eigenvalue weighted by Crippen LogP contribution is -2.27. The quantitative estimate of drug-likeness (QED) is 0.606. The van der Waals surface area contributed by atoms with E-state index < -0.39 is 0 Å². The van der Waals surface area contributed by atoms with Crippen LogP contribution in [-0.2, 0) is 0 Å². The summed E-state index contributed by atoms with van der Waals surface area (Å²) in [7, 11) is 0. The summed E-state index contributed by atoms with van der Waals surface area (Å²) in [4.78, 5) is 4.49. The maximum Gasteiger partial charge on any atom is 0.120 e. The van der Waals surface area contributed by atoms with Gasteiger partial charge in [0.25, 0.3) is 0 Å². The Hall–Kier alpha value is -2.17. The Morgan fingerprint density at radius 1 is 0.958 bits per heavy atom. The topological polar surface area (TPSA) is 34.1 Å². The van der Waals surface area contributed by atoms with E-state index in [2.05, 4.69) is 38.4 Å². The largest absolute Gasteiger partial charge is 0.492 e. The van der Waals surface area contributed by atoms with E-state index in [0.29, 0.717) is 6.61 Å². The molecule has 122 valence electrons. The van der Waals surface area contributed by atoms with Crippen LogP contribution in [0.1, 0.15) is 17.3 Å². The number of hydrogen-bond acceptors (Lipinski definition) is 3. The van der Waals surface area contributed by atoms with E-state index in [1.165, 1.54) is 5.56 Å². The van der Waals surface area contributed by atoms with Crippen molar-refractivity contribution in [2.45, 2.75) is 6.04 Å². The minimum absolute atomic E-state index is 0.0542. The van der Waals surface area contributed by atoms with Crippen LogP contribution >= 0.6 is 15.9 Å². The van der Waals surface area contributed by atoms with Crippen LogP contribution in [0.15, 0.2) is 83.5 Å². The van der Waals surface area contributed by atoms with Crippen molar-refractivity contribution in [2.75, 3.05) is 13.2 Å². The van der Waals surface area contributed by atoms with Gasteiger partial charge < -0.3 is 10.1 Å². The molecule has 0 spiro atoms. The molecular weight excluding hydrogens is 364 g/mol. The lowest BCUT2D eigenvalue weighted by Gasteiger charge is -2.19. The lowest BCUT2D eigenvalue weighted by atomic mass is 10.0. The molecular formula is C20H19BrN2O. The van der Waals surface area contributed by atoms with Crippen LogP contribution in [0.25, 0.3) is 0 Å². The van der Waals surface area contributed by atoms with Gasteiger partial charge in [-0.2, -0.15) is 0 Å². The van der Waals surface area contributed by atoms with Gasteiger partial charge in [0.2, 0.25) is 0 Å². The molecule has 0 aliphatic rings. The third kappa shape index (κ3) is 4.66. The first-order valence-corrected chi connectivity index (χ1v) is 8.70. The number of ether oxygens (including phenoxy) is 1. The van der Waals surface area contributed by atoms with E-state index in [4.69, 9.17) is 4.74 Å². The standard InChI is InChI=1S/C20H19BrN2O/c21-17-9-6-10-18(15-17)24-14-13-23-20(16-7-2-1-3-8-16)19-11-4-5-12-22-19/h1-12,15,20,23H,13-14H2. The number of nitrogens with one attached hydrogen (secondary N) is 1. The summed E-state index contributed by atoms with van der Waals surface area (Å²) in [5, 5.41) is 3.54. The Morgan fingerprint density at radius 3 is 2.54 bits per heavy atom. The molecule has 0 saturated heterocycles. The first kappa shape index (κ1) is 16.7. The molecule has 1 N–H and O–H groups in total. The van der Waals surface area contributed by atoms with Crippen LogP contribution in [0, 0.1) is 0 Å². The minimum Gasteiger partial charge on any atom is -0.492 e. The van der Waals surface area contributed by atoms with Crippen molar-refractivity contribution >= 4 is 15.9 Å². The van der Waals surface area contributed by atoms with E-state index in [1.54, 1.807) is 0 Å². The summed E-state index contributed by atoms with van der Waals surface area (Å²) in [6.07, 6.45) is 1.82. The van der Waals surface area contributed by atoms with Gasteiger partial charge in [0.15, 0.2) is 0 Å². The van der Waals surface area contributed by atoms with Crippen molar-refractivity contribution in [2.24, 2.45) is 0 Å². The van der Waals surface area contributed by atoms with E-state index in [0.717, 1.165) is 22.5 Å². The fraction of sp³-hybridized carbons (Fsp3) is 0.150. The fourth-order valence-corrected chi connectivity index (χ4v) is 2.89. The van der Waals surface area contributed by atoms with Gasteiger partial charge in [-0.15, -0.1) is 0 Å². The van der Waals surface area contributed by atoms with Gasteiger partial charge in [0.1, 0.15) is 12.4 Å². The minimum atomic E-state index is 0.0542. The molecule has 3 nitrogen and oxygen atoms in total. The highest BCUT2D eigenvalue weighted by atomic mass is 79.9. The van der Waals surface area contributed by atoms with Gasteiger partial charge in [0.05, 0.1) is 11.7 Å². The summed E-state index contributed by atoms with van der Waals surface area (Å²) in [5.74, 6) is 0.861. The SMILES string of the molecule is Brc1cccc(OCCNC(c2ccccc2)c2ccccn2)c1. The monoisotopic (exact) mass is 382 g/mol. The summed E-state index contributed by atoms with van der Waals surface area (Å²) in [6, 6.07) is 24.3. The highest BCUT2D eigenvalue weighted by Gasteiger charge is 2.14. The fourth-order valence-electron chi connectivity index (χ4n) is 2.51. The molecule has 3 rings (SSSR count). The second kappa shape index (κ2) is 8.62. The maximum atomic E-state index is 5.80. The van der Waals surface area contributed by atoms with E-state index >= 15 is 0 Å². The Morgan fingerprint density at radius 2 is 1.79 bits per heavy atom. The van der Waals surface area contributed by atoms with E-state index in [1.807, 2.05) is 66.9 Å². The summed E-state index contributed by atoms with van der Waals surface area (Å²) >= 11 is 3.45. The molecule has 1 atom stereocenters. The number of rotatable bonds is 7. The maximum absolute atomic E-state index is 5.80. The van der Waals surface area contributed by atoms with Gasteiger partial charge in [0, 0.05) is 17.2 Å². The van der Waals surface area contributed by atoms with Crippen molar-refractivity contribution in [3.05, 3.63) is 94.7 Å². The molecule has 0 bridgehead atoms. The van der Waals surface area contributed by atoms with Crippen molar-refractivity contribution in [1.29, 1.82) is 0 Å². The van der Waals surface area contributed by atoms with E-state index in [9.17, 15) is 0 Å². The number of benzene rings is 2. The molecule has 0 saturated carbocycles. The highest BCUT2D eigenvalue weighted by molar-refractivity contribution is 9.10. The average Bonchev–Trinajstić information content (AvgIpc) is 2.63. The van der Waals surface area contributed by atoms with Crippen LogP contribution in [-0.4, -0.2) is 18.1 Å². The van der Waals surface area contributed by atoms with Crippen molar-refractivity contribution in [3.8, 4) is 5.75 Å². The number of pyridine rings is 1. The zero-order valence-electron chi connectivity index (χ0n) is 13.2. The van der Waals surface area contributed by atoms with Crippen LogP contribution in [0.2, 0.25) is 0 Å². The Labute approximate surface area is 150 Å². The Balaban J connectivity index is 1.63. The zero-order valence-corrected chi connectivity index (χ0v) is 14.8. The highest BCUT2D eigenvalue weighted by Crippen LogP contribution is 2.20.